The maximum absolute atomic E-state index is 3.42. The Hall–Kier alpha value is -0.860. The Kier molecular flexibility index (Phi) is 5.66. The summed E-state index contributed by atoms with van der Waals surface area (Å²) in [6.45, 7) is 8.64. The third-order valence-corrected chi connectivity index (χ3v) is 3.20. The van der Waals surface area contributed by atoms with Crippen LogP contribution in [0.25, 0.3) is 0 Å². The Labute approximate surface area is 106 Å². The molecule has 1 aromatic carbocycles. The summed E-state index contributed by atoms with van der Waals surface area (Å²) in [5.41, 5.74) is 2.80. The topological polar surface area (TPSA) is 15.3 Å². The molecule has 1 N–H and O–H groups in total. The molecular formula is C15H26N2. The first-order valence-electron chi connectivity index (χ1n) is 6.53. The van der Waals surface area contributed by atoms with E-state index in [9.17, 15) is 0 Å². The Balaban J connectivity index is 2.80. The smallest absolute Gasteiger partial charge is 0.0466 e. The molecule has 0 heterocycles. The van der Waals surface area contributed by atoms with E-state index in [1.807, 2.05) is 0 Å². The van der Waals surface area contributed by atoms with Gasteiger partial charge in [0.25, 0.3) is 0 Å². The van der Waals surface area contributed by atoms with E-state index in [1.165, 1.54) is 11.1 Å². The van der Waals surface area contributed by atoms with E-state index >= 15 is 0 Å². The van der Waals surface area contributed by atoms with Crippen LogP contribution in [0.3, 0.4) is 0 Å². The minimum Gasteiger partial charge on any atom is -0.315 e. The van der Waals surface area contributed by atoms with Crippen LogP contribution in [-0.4, -0.2) is 32.1 Å². The van der Waals surface area contributed by atoms with Crippen molar-refractivity contribution >= 4 is 0 Å². The van der Waals surface area contributed by atoms with Crippen LogP contribution in [0.1, 0.15) is 43.9 Å². The zero-order chi connectivity index (χ0) is 12.8. The summed E-state index contributed by atoms with van der Waals surface area (Å²) >= 11 is 0. The molecule has 0 aliphatic carbocycles. The lowest BCUT2D eigenvalue weighted by Crippen LogP contribution is -2.30. The van der Waals surface area contributed by atoms with Gasteiger partial charge >= 0.3 is 0 Å². The van der Waals surface area contributed by atoms with Gasteiger partial charge in [0.05, 0.1) is 0 Å². The number of benzene rings is 1. The minimum absolute atomic E-state index is 0.455. The number of nitrogens with one attached hydrogen (secondary N) is 1. The van der Waals surface area contributed by atoms with E-state index in [0.717, 1.165) is 13.1 Å². The van der Waals surface area contributed by atoms with Gasteiger partial charge in [-0.25, -0.2) is 0 Å². The van der Waals surface area contributed by atoms with Crippen molar-refractivity contribution in [3.05, 3.63) is 35.4 Å². The standard InChI is InChI=1S/C15H26N2/c1-6-16-11-15(17(4)5)14-9-7-13(8-10-14)12(2)3/h7-10,12,15-16H,6,11H2,1-5H3. The molecule has 0 aliphatic rings. The first-order valence-corrected chi connectivity index (χ1v) is 6.53. The molecule has 0 fully saturated rings. The molecule has 1 atom stereocenters. The van der Waals surface area contributed by atoms with Gasteiger partial charge in [-0.2, -0.15) is 0 Å². The van der Waals surface area contributed by atoms with Gasteiger partial charge in [-0.3, -0.25) is 0 Å². The molecule has 0 saturated heterocycles. The number of nitrogens with zero attached hydrogens (tertiary/aromatic N) is 1. The fourth-order valence-corrected chi connectivity index (χ4v) is 1.98. The third kappa shape index (κ3) is 4.14. The highest BCUT2D eigenvalue weighted by atomic mass is 15.1. The second-order valence-corrected chi connectivity index (χ2v) is 5.11. The van der Waals surface area contributed by atoms with Gasteiger partial charge in [0, 0.05) is 12.6 Å². The average molecular weight is 234 g/mol. The van der Waals surface area contributed by atoms with Crippen LogP contribution in [0.5, 0.6) is 0 Å². The number of hydrogen-bond acceptors (Lipinski definition) is 2. The van der Waals surface area contributed by atoms with E-state index in [0.29, 0.717) is 12.0 Å². The van der Waals surface area contributed by atoms with Crippen LogP contribution < -0.4 is 5.32 Å². The van der Waals surface area contributed by atoms with Crippen LogP contribution in [0.2, 0.25) is 0 Å². The number of likely N-dealkylation sites (N-methyl/N-ethyl adjacent to an activating group) is 2. The molecule has 2 nitrogen and oxygen atoms in total. The van der Waals surface area contributed by atoms with E-state index in [-0.39, 0.29) is 0 Å². The second kappa shape index (κ2) is 6.77. The summed E-state index contributed by atoms with van der Waals surface area (Å²) in [6, 6.07) is 9.48. The van der Waals surface area contributed by atoms with Gasteiger partial charge in [-0.05, 0) is 37.7 Å². The van der Waals surface area contributed by atoms with E-state index in [1.54, 1.807) is 0 Å². The van der Waals surface area contributed by atoms with Crippen LogP contribution >= 0.6 is 0 Å². The molecule has 1 unspecified atom stereocenters. The molecule has 0 saturated carbocycles. The van der Waals surface area contributed by atoms with Crippen molar-refractivity contribution in [1.82, 2.24) is 10.2 Å². The van der Waals surface area contributed by atoms with E-state index in [4.69, 9.17) is 0 Å². The summed E-state index contributed by atoms with van der Waals surface area (Å²) in [5.74, 6) is 0.607. The summed E-state index contributed by atoms with van der Waals surface area (Å²) in [6.07, 6.45) is 0. The molecule has 2 heteroatoms. The SMILES string of the molecule is CCNCC(c1ccc(C(C)C)cc1)N(C)C. The Morgan fingerprint density at radius 1 is 1.06 bits per heavy atom. The average Bonchev–Trinajstić information content (AvgIpc) is 2.29. The van der Waals surface area contributed by atoms with Crippen LogP contribution in [0, 0.1) is 0 Å². The van der Waals surface area contributed by atoms with Crippen molar-refractivity contribution in [3.8, 4) is 0 Å². The predicted molar refractivity (Wildman–Crippen MR) is 75.5 cm³/mol. The lowest BCUT2D eigenvalue weighted by atomic mass is 9.98. The van der Waals surface area contributed by atoms with Crippen molar-refractivity contribution in [2.75, 3.05) is 27.2 Å². The summed E-state index contributed by atoms with van der Waals surface area (Å²) < 4.78 is 0. The zero-order valence-corrected chi connectivity index (χ0v) is 11.8. The minimum atomic E-state index is 0.455. The second-order valence-electron chi connectivity index (χ2n) is 5.11. The quantitative estimate of drug-likeness (QED) is 0.814. The lowest BCUT2D eigenvalue weighted by molar-refractivity contribution is 0.290. The molecule has 0 aromatic heterocycles. The normalized spacial score (nSPS) is 13.4. The molecule has 17 heavy (non-hydrogen) atoms. The van der Waals surface area contributed by atoms with E-state index in [2.05, 4.69) is 69.3 Å². The van der Waals surface area contributed by atoms with Gasteiger partial charge in [-0.1, -0.05) is 45.0 Å². The van der Waals surface area contributed by atoms with Gasteiger partial charge in [0.1, 0.15) is 0 Å². The maximum atomic E-state index is 3.42. The van der Waals surface area contributed by atoms with Gasteiger partial charge in [0.15, 0.2) is 0 Å². The van der Waals surface area contributed by atoms with Crippen LogP contribution in [-0.2, 0) is 0 Å². The molecule has 0 spiro atoms. The molecular weight excluding hydrogens is 208 g/mol. The van der Waals surface area contributed by atoms with E-state index < -0.39 is 0 Å². The maximum Gasteiger partial charge on any atom is 0.0466 e. The van der Waals surface area contributed by atoms with Crippen molar-refractivity contribution < 1.29 is 0 Å². The lowest BCUT2D eigenvalue weighted by Gasteiger charge is -2.25. The molecule has 0 amide bonds. The van der Waals surface area contributed by atoms with Crippen molar-refractivity contribution in [1.29, 1.82) is 0 Å². The first-order chi connectivity index (χ1) is 8.06. The van der Waals surface area contributed by atoms with Gasteiger partial charge in [0.2, 0.25) is 0 Å². The van der Waals surface area contributed by atoms with Crippen molar-refractivity contribution in [2.45, 2.75) is 32.7 Å². The largest absolute Gasteiger partial charge is 0.315 e. The summed E-state index contributed by atoms with van der Waals surface area (Å²) in [7, 11) is 4.27. The Bertz CT molecular complexity index is 314. The monoisotopic (exact) mass is 234 g/mol. The molecule has 1 rings (SSSR count). The zero-order valence-electron chi connectivity index (χ0n) is 11.8. The van der Waals surface area contributed by atoms with Crippen molar-refractivity contribution in [3.63, 3.8) is 0 Å². The highest BCUT2D eigenvalue weighted by Gasteiger charge is 2.13. The van der Waals surface area contributed by atoms with Crippen LogP contribution in [0.15, 0.2) is 24.3 Å². The summed E-state index contributed by atoms with van der Waals surface area (Å²) in [5, 5.41) is 3.42. The summed E-state index contributed by atoms with van der Waals surface area (Å²) in [4.78, 5) is 2.27. The third-order valence-electron chi connectivity index (χ3n) is 3.20. The van der Waals surface area contributed by atoms with Gasteiger partial charge in [-0.15, -0.1) is 0 Å². The molecule has 0 aliphatic heterocycles. The highest BCUT2D eigenvalue weighted by Crippen LogP contribution is 2.21. The fourth-order valence-electron chi connectivity index (χ4n) is 1.98. The number of hydrogen-bond donors (Lipinski definition) is 1. The van der Waals surface area contributed by atoms with Crippen LogP contribution in [0.4, 0.5) is 0 Å². The van der Waals surface area contributed by atoms with Gasteiger partial charge < -0.3 is 10.2 Å². The highest BCUT2D eigenvalue weighted by molar-refractivity contribution is 5.27. The molecule has 96 valence electrons. The molecule has 0 radical (unpaired) electrons. The Morgan fingerprint density at radius 2 is 1.59 bits per heavy atom. The molecule has 1 aromatic rings. The Morgan fingerprint density at radius 3 is 2.00 bits per heavy atom. The number of rotatable bonds is 6. The predicted octanol–water partition coefficient (Wildman–Crippen LogP) is 3.02. The fraction of sp³-hybridized carbons (Fsp3) is 0.600. The van der Waals surface area contributed by atoms with Crippen molar-refractivity contribution in [2.24, 2.45) is 0 Å². The first kappa shape index (κ1) is 14.2. The molecule has 0 bridgehead atoms.